The van der Waals surface area contributed by atoms with Crippen LogP contribution < -0.4 is 5.32 Å². The Morgan fingerprint density at radius 3 is 2.11 bits per heavy atom. The van der Waals surface area contributed by atoms with E-state index >= 15 is 0 Å². The second-order valence-electron chi connectivity index (χ2n) is 7.34. The summed E-state index contributed by atoms with van der Waals surface area (Å²) in [5, 5.41) is 2.40. The molecule has 0 aliphatic heterocycles. The van der Waals surface area contributed by atoms with Crippen LogP contribution in [0.2, 0.25) is 0 Å². The molecule has 0 radical (unpaired) electrons. The minimum Gasteiger partial charge on any atom is -0.298 e. The largest absolute Gasteiger partial charge is 0.434 e. The molecule has 1 heterocycles. The smallest absolute Gasteiger partial charge is 0.298 e. The Morgan fingerprint density at radius 1 is 0.964 bits per heavy atom. The summed E-state index contributed by atoms with van der Waals surface area (Å²) in [4.78, 5) is 16.1. The van der Waals surface area contributed by atoms with Crippen molar-refractivity contribution in [1.29, 1.82) is 0 Å². The number of benzene rings is 2. The van der Waals surface area contributed by atoms with Gasteiger partial charge in [-0.3, -0.25) is 10.1 Å². The molecule has 0 aliphatic rings. The fourth-order valence-electron chi connectivity index (χ4n) is 2.64. The lowest BCUT2D eigenvalue weighted by atomic mass is 9.87. The number of nitrogens with zero attached hydrogens (tertiary/aromatic N) is 1. The van der Waals surface area contributed by atoms with Crippen LogP contribution in [0, 0.1) is 0 Å². The number of aromatic nitrogens is 1. The maximum Gasteiger partial charge on any atom is 0.434 e. The standard InChI is InChI=1S/C21H19F3N2OS/c1-20(2,3)15-11-9-14(10-12-15)18(27)26-19-25-17(21(22,23)24)16(28-19)13-7-5-4-6-8-13/h4-12H,1-3H3,(H,25,26,27). The van der Waals surface area contributed by atoms with Gasteiger partial charge in [-0.25, -0.2) is 4.98 Å². The van der Waals surface area contributed by atoms with E-state index in [2.05, 4.69) is 31.1 Å². The third kappa shape index (κ3) is 4.42. The number of thiazole rings is 1. The molecule has 0 bridgehead atoms. The van der Waals surface area contributed by atoms with Crippen LogP contribution in [0.3, 0.4) is 0 Å². The highest BCUT2D eigenvalue weighted by Crippen LogP contribution is 2.41. The lowest BCUT2D eigenvalue weighted by Crippen LogP contribution is -2.14. The maximum atomic E-state index is 13.4. The minimum absolute atomic E-state index is 0.0218. The molecule has 0 saturated carbocycles. The van der Waals surface area contributed by atoms with E-state index in [1.165, 1.54) is 0 Å². The van der Waals surface area contributed by atoms with E-state index < -0.39 is 17.8 Å². The number of alkyl halides is 3. The SMILES string of the molecule is CC(C)(C)c1ccc(C(=O)Nc2nc(C(F)(F)F)c(-c3ccccc3)s2)cc1. The van der Waals surface area contributed by atoms with Gasteiger partial charge in [-0.05, 0) is 28.7 Å². The number of hydrogen-bond donors (Lipinski definition) is 1. The van der Waals surface area contributed by atoms with Crippen molar-refractivity contribution in [3.8, 4) is 10.4 Å². The van der Waals surface area contributed by atoms with Crippen molar-refractivity contribution in [2.45, 2.75) is 32.4 Å². The Labute approximate surface area is 165 Å². The van der Waals surface area contributed by atoms with Crippen molar-refractivity contribution in [2.24, 2.45) is 0 Å². The Bertz CT molecular complexity index is 972. The van der Waals surface area contributed by atoms with Gasteiger partial charge < -0.3 is 0 Å². The second kappa shape index (κ2) is 7.39. The van der Waals surface area contributed by atoms with E-state index in [-0.39, 0.29) is 15.4 Å². The van der Waals surface area contributed by atoms with Crippen molar-refractivity contribution in [1.82, 2.24) is 4.98 Å². The molecular weight excluding hydrogens is 385 g/mol. The van der Waals surface area contributed by atoms with E-state index in [0.29, 0.717) is 11.1 Å². The van der Waals surface area contributed by atoms with Crippen molar-refractivity contribution in [2.75, 3.05) is 5.32 Å². The summed E-state index contributed by atoms with van der Waals surface area (Å²) in [7, 11) is 0. The van der Waals surface area contributed by atoms with E-state index in [1.54, 1.807) is 42.5 Å². The van der Waals surface area contributed by atoms with E-state index in [1.807, 2.05) is 12.1 Å². The van der Waals surface area contributed by atoms with E-state index in [0.717, 1.165) is 16.9 Å². The topological polar surface area (TPSA) is 42.0 Å². The average molecular weight is 404 g/mol. The molecule has 7 heteroatoms. The zero-order chi connectivity index (χ0) is 20.5. The third-order valence-electron chi connectivity index (χ3n) is 4.17. The van der Waals surface area contributed by atoms with Gasteiger partial charge in [0.05, 0.1) is 4.88 Å². The highest BCUT2D eigenvalue weighted by Gasteiger charge is 2.38. The zero-order valence-electron chi connectivity index (χ0n) is 15.6. The lowest BCUT2D eigenvalue weighted by molar-refractivity contribution is -0.140. The number of rotatable bonds is 3. The minimum atomic E-state index is -4.61. The molecule has 1 aromatic heterocycles. The Kier molecular flexibility index (Phi) is 5.30. The summed E-state index contributed by atoms with van der Waals surface area (Å²) < 4.78 is 40.2. The van der Waals surface area contributed by atoms with Gasteiger partial charge in [-0.1, -0.05) is 74.6 Å². The van der Waals surface area contributed by atoms with Crippen LogP contribution >= 0.6 is 11.3 Å². The van der Waals surface area contributed by atoms with Crippen molar-refractivity contribution in [3.63, 3.8) is 0 Å². The van der Waals surface area contributed by atoms with Gasteiger partial charge in [0.2, 0.25) is 0 Å². The average Bonchev–Trinajstić information content (AvgIpc) is 3.06. The van der Waals surface area contributed by atoms with Gasteiger partial charge >= 0.3 is 6.18 Å². The number of hydrogen-bond acceptors (Lipinski definition) is 3. The molecular formula is C21H19F3N2OS. The number of carbonyl (C=O) groups is 1. The molecule has 3 nitrogen and oxygen atoms in total. The summed E-state index contributed by atoms with van der Waals surface area (Å²) in [5.74, 6) is -0.498. The molecule has 0 spiro atoms. The predicted octanol–water partition coefficient (Wildman–Crippen LogP) is 6.38. The molecule has 0 fully saturated rings. The van der Waals surface area contributed by atoms with E-state index in [4.69, 9.17) is 0 Å². The molecule has 0 unspecified atom stereocenters. The first-order chi connectivity index (χ1) is 13.1. The number of carbonyl (C=O) groups excluding carboxylic acids is 1. The fourth-order valence-corrected chi connectivity index (χ4v) is 3.63. The molecule has 2 aromatic carbocycles. The highest BCUT2D eigenvalue weighted by atomic mass is 32.1. The van der Waals surface area contributed by atoms with Crippen LogP contribution in [0.25, 0.3) is 10.4 Å². The fraction of sp³-hybridized carbons (Fsp3) is 0.238. The van der Waals surface area contributed by atoms with Gasteiger partial charge in [0.15, 0.2) is 10.8 Å². The van der Waals surface area contributed by atoms with Crippen LogP contribution in [-0.4, -0.2) is 10.9 Å². The molecule has 3 rings (SSSR count). The molecule has 1 amide bonds. The normalized spacial score (nSPS) is 12.1. The Hall–Kier alpha value is -2.67. The molecule has 0 saturated heterocycles. The molecule has 3 aromatic rings. The summed E-state index contributed by atoms with van der Waals surface area (Å²) in [6.45, 7) is 6.17. The van der Waals surface area contributed by atoms with Crippen LogP contribution in [0.5, 0.6) is 0 Å². The van der Waals surface area contributed by atoms with Crippen molar-refractivity contribution in [3.05, 3.63) is 71.4 Å². The first-order valence-electron chi connectivity index (χ1n) is 8.61. The Balaban J connectivity index is 1.88. The lowest BCUT2D eigenvalue weighted by Gasteiger charge is -2.18. The number of amides is 1. The summed E-state index contributed by atoms with van der Waals surface area (Å²) in [5.41, 5.74) is 0.766. The zero-order valence-corrected chi connectivity index (χ0v) is 16.4. The number of anilines is 1. The first-order valence-corrected chi connectivity index (χ1v) is 9.43. The molecule has 0 aliphatic carbocycles. The molecule has 28 heavy (non-hydrogen) atoms. The van der Waals surface area contributed by atoms with Crippen molar-refractivity contribution < 1.29 is 18.0 Å². The van der Waals surface area contributed by atoms with Crippen LogP contribution in [0.1, 0.15) is 42.4 Å². The van der Waals surface area contributed by atoms with Crippen LogP contribution in [-0.2, 0) is 11.6 Å². The summed E-state index contributed by atoms with van der Waals surface area (Å²) in [6, 6.07) is 15.2. The van der Waals surface area contributed by atoms with Crippen molar-refractivity contribution >= 4 is 22.4 Å². The van der Waals surface area contributed by atoms with Crippen LogP contribution in [0.4, 0.5) is 18.3 Å². The Morgan fingerprint density at radius 2 is 1.57 bits per heavy atom. The monoisotopic (exact) mass is 404 g/mol. The summed E-state index contributed by atoms with van der Waals surface area (Å²) in [6.07, 6.45) is -4.61. The van der Waals surface area contributed by atoms with Gasteiger partial charge in [0.25, 0.3) is 5.91 Å². The van der Waals surface area contributed by atoms with Gasteiger partial charge in [0, 0.05) is 5.56 Å². The van der Waals surface area contributed by atoms with Gasteiger partial charge in [0.1, 0.15) is 0 Å². The quantitative estimate of drug-likeness (QED) is 0.550. The molecule has 146 valence electrons. The first kappa shape index (κ1) is 20.1. The van der Waals surface area contributed by atoms with Crippen LogP contribution in [0.15, 0.2) is 54.6 Å². The third-order valence-corrected chi connectivity index (χ3v) is 5.19. The number of nitrogens with one attached hydrogen (secondary N) is 1. The summed E-state index contributed by atoms with van der Waals surface area (Å²) >= 11 is 0.807. The number of halogens is 3. The molecule has 1 N–H and O–H groups in total. The molecule has 0 atom stereocenters. The van der Waals surface area contributed by atoms with E-state index in [9.17, 15) is 18.0 Å². The predicted molar refractivity (Wildman–Crippen MR) is 106 cm³/mol. The highest BCUT2D eigenvalue weighted by molar-refractivity contribution is 7.19. The maximum absolute atomic E-state index is 13.4. The van der Waals surface area contributed by atoms with Gasteiger partial charge in [-0.2, -0.15) is 13.2 Å². The van der Waals surface area contributed by atoms with Gasteiger partial charge in [-0.15, -0.1) is 0 Å². The second-order valence-corrected chi connectivity index (χ2v) is 8.34.